The molecule has 1 aromatic carbocycles. The van der Waals surface area contributed by atoms with Crippen LogP contribution < -0.4 is 0 Å². The zero-order chi connectivity index (χ0) is 15.0. The predicted molar refractivity (Wildman–Crippen MR) is 86.4 cm³/mol. The first-order valence-corrected chi connectivity index (χ1v) is 9.58. The van der Waals surface area contributed by atoms with Gasteiger partial charge < -0.3 is 0 Å². The van der Waals surface area contributed by atoms with Crippen LogP contribution in [0.4, 0.5) is 0 Å². The molecule has 1 aliphatic heterocycles. The van der Waals surface area contributed by atoms with E-state index in [0.29, 0.717) is 23.9 Å². The van der Waals surface area contributed by atoms with Crippen molar-refractivity contribution in [3.8, 4) is 0 Å². The standard InChI is InChI=1S/C15H16ClNO2S2/c1-11-2-3-14(8-13(11)9-16)21(18,19)17-6-4-15-12(10-17)5-7-20-15/h2-3,5,7-8H,4,6,9-10H2,1H3. The number of nitrogens with zero attached hydrogens (tertiary/aromatic N) is 1. The van der Waals surface area contributed by atoms with Crippen LogP contribution in [-0.2, 0) is 28.9 Å². The summed E-state index contributed by atoms with van der Waals surface area (Å²) in [5.41, 5.74) is 3.01. The normalized spacial score (nSPS) is 15.9. The van der Waals surface area contributed by atoms with Gasteiger partial charge >= 0.3 is 0 Å². The Labute approximate surface area is 134 Å². The largest absolute Gasteiger partial charge is 0.243 e. The Hall–Kier alpha value is -0.880. The van der Waals surface area contributed by atoms with Crippen molar-refractivity contribution in [2.75, 3.05) is 6.54 Å². The van der Waals surface area contributed by atoms with E-state index in [9.17, 15) is 8.42 Å². The summed E-state index contributed by atoms with van der Waals surface area (Å²) in [7, 11) is -3.45. The lowest BCUT2D eigenvalue weighted by Crippen LogP contribution is -2.35. The molecule has 112 valence electrons. The minimum absolute atomic E-state index is 0.323. The van der Waals surface area contributed by atoms with Gasteiger partial charge in [-0.3, -0.25) is 0 Å². The molecule has 0 saturated carbocycles. The van der Waals surface area contributed by atoms with Crippen LogP contribution >= 0.6 is 22.9 Å². The fraction of sp³-hybridized carbons (Fsp3) is 0.333. The highest BCUT2D eigenvalue weighted by Crippen LogP contribution is 2.29. The molecule has 0 fully saturated rings. The van der Waals surface area contributed by atoms with Gasteiger partial charge in [0, 0.05) is 23.8 Å². The van der Waals surface area contributed by atoms with Crippen LogP contribution in [0.3, 0.4) is 0 Å². The quantitative estimate of drug-likeness (QED) is 0.801. The predicted octanol–water partition coefficient (Wildman–Crippen LogP) is 3.54. The fourth-order valence-electron chi connectivity index (χ4n) is 2.53. The molecule has 2 aromatic rings. The molecule has 1 aromatic heterocycles. The van der Waals surface area contributed by atoms with Gasteiger partial charge in [-0.1, -0.05) is 6.07 Å². The molecule has 0 bridgehead atoms. The van der Waals surface area contributed by atoms with Crippen molar-refractivity contribution in [1.29, 1.82) is 0 Å². The monoisotopic (exact) mass is 341 g/mol. The molecule has 0 saturated heterocycles. The highest BCUT2D eigenvalue weighted by atomic mass is 35.5. The Morgan fingerprint density at radius 1 is 1.33 bits per heavy atom. The summed E-state index contributed by atoms with van der Waals surface area (Å²) >= 11 is 7.59. The Bertz CT molecular complexity index is 768. The molecule has 3 nitrogen and oxygen atoms in total. The number of fused-ring (bicyclic) bond motifs is 1. The number of sulfonamides is 1. The van der Waals surface area contributed by atoms with E-state index in [4.69, 9.17) is 11.6 Å². The van der Waals surface area contributed by atoms with Gasteiger partial charge in [0.1, 0.15) is 0 Å². The molecular formula is C15H16ClNO2S2. The Morgan fingerprint density at radius 2 is 2.14 bits per heavy atom. The molecule has 1 aliphatic rings. The molecule has 6 heteroatoms. The van der Waals surface area contributed by atoms with Crippen LogP contribution in [0.5, 0.6) is 0 Å². The molecule has 3 rings (SSSR count). The number of hydrogen-bond donors (Lipinski definition) is 0. The SMILES string of the molecule is Cc1ccc(S(=O)(=O)N2CCc3sccc3C2)cc1CCl. The van der Waals surface area contributed by atoms with Crippen LogP contribution in [0.1, 0.15) is 21.6 Å². The summed E-state index contributed by atoms with van der Waals surface area (Å²) in [5.74, 6) is 0.323. The van der Waals surface area contributed by atoms with E-state index >= 15 is 0 Å². The first-order valence-electron chi connectivity index (χ1n) is 6.73. The summed E-state index contributed by atoms with van der Waals surface area (Å²) in [6, 6.07) is 7.20. The van der Waals surface area contributed by atoms with Crippen molar-refractivity contribution in [2.24, 2.45) is 0 Å². The van der Waals surface area contributed by atoms with Gasteiger partial charge in [-0.05, 0) is 53.6 Å². The average molecular weight is 342 g/mol. The molecule has 0 unspecified atom stereocenters. The number of alkyl halides is 1. The van der Waals surface area contributed by atoms with Crippen molar-refractivity contribution < 1.29 is 8.42 Å². The van der Waals surface area contributed by atoms with Gasteiger partial charge in [0.15, 0.2) is 0 Å². The number of aryl methyl sites for hydroxylation is 1. The third kappa shape index (κ3) is 2.75. The van der Waals surface area contributed by atoms with Crippen LogP contribution in [-0.4, -0.2) is 19.3 Å². The fourth-order valence-corrected chi connectivity index (χ4v) is 5.18. The molecule has 0 spiro atoms. The maximum absolute atomic E-state index is 12.8. The summed E-state index contributed by atoms with van der Waals surface area (Å²) in [6.07, 6.45) is 0.792. The van der Waals surface area contributed by atoms with Gasteiger partial charge in [-0.15, -0.1) is 22.9 Å². The Kier molecular flexibility index (Phi) is 4.10. The second-order valence-corrected chi connectivity index (χ2v) is 8.39. The van der Waals surface area contributed by atoms with Gasteiger partial charge in [0.2, 0.25) is 10.0 Å². The molecule has 21 heavy (non-hydrogen) atoms. The second-order valence-electron chi connectivity index (χ2n) is 5.18. The van der Waals surface area contributed by atoms with E-state index in [1.807, 2.05) is 24.4 Å². The van der Waals surface area contributed by atoms with E-state index in [0.717, 1.165) is 23.1 Å². The lowest BCUT2D eigenvalue weighted by atomic mass is 10.1. The highest BCUT2D eigenvalue weighted by molar-refractivity contribution is 7.89. The van der Waals surface area contributed by atoms with E-state index in [2.05, 4.69) is 0 Å². The number of rotatable bonds is 3. The molecule has 0 atom stereocenters. The molecule has 0 aliphatic carbocycles. The lowest BCUT2D eigenvalue weighted by Gasteiger charge is -2.26. The van der Waals surface area contributed by atoms with E-state index < -0.39 is 10.0 Å². The van der Waals surface area contributed by atoms with Crippen LogP contribution in [0, 0.1) is 6.92 Å². The van der Waals surface area contributed by atoms with Crippen molar-refractivity contribution in [3.05, 3.63) is 51.2 Å². The summed E-state index contributed by atoms with van der Waals surface area (Å²) in [5, 5.41) is 2.03. The Balaban J connectivity index is 1.94. The molecule has 2 heterocycles. The molecule has 0 N–H and O–H groups in total. The van der Waals surface area contributed by atoms with Gasteiger partial charge in [-0.2, -0.15) is 4.31 Å². The third-order valence-corrected chi connectivity index (χ3v) is 7.03. The van der Waals surface area contributed by atoms with Crippen molar-refractivity contribution in [1.82, 2.24) is 4.31 Å². The van der Waals surface area contributed by atoms with Gasteiger partial charge in [0.25, 0.3) is 0 Å². The molecule has 0 amide bonds. The summed E-state index contributed by atoms with van der Waals surface area (Å²) < 4.78 is 27.1. The minimum atomic E-state index is -3.45. The first kappa shape index (κ1) is 15.0. The van der Waals surface area contributed by atoms with E-state index in [1.165, 1.54) is 4.88 Å². The topological polar surface area (TPSA) is 37.4 Å². The van der Waals surface area contributed by atoms with Crippen LogP contribution in [0.15, 0.2) is 34.5 Å². The summed E-state index contributed by atoms with van der Waals surface area (Å²) in [4.78, 5) is 1.63. The zero-order valence-corrected chi connectivity index (χ0v) is 14.1. The smallest absolute Gasteiger partial charge is 0.207 e. The molecular weight excluding hydrogens is 326 g/mol. The first-order chi connectivity index (χ1) is 10.0. The number of thiophene rings is 1. The van der Waals surface area contributed by atoms with E-state index in [-0.39, 0.29) is 0 Å². The number of hydrogen-bond acceptors (Lipinski definition) is 3. The van der Waals surface area contributed by atoms with Crippen LogP contribution in [0.2, 0.25) is 0 Å². The Morgan fingerprint density at radius 3 is 2.90 bits per heavy atom. The summed E-state index contributed by atoms with van der Waals surface area (Å²) in [6.45, 7) is 2.94. The lowest BCUT2D eigenvalue weighted by molar-refractivity contribution is 0.394. The number of benzene rings is 1. The zero-order valence-electron chi connectivity index (χ0n) is 11.7. The highest BCUT2D eigenvalue weighted by Gasteiger charge is 2.29. The second kappa shape index (κ2) is 5.72. The maximum Gasteiger partial charge on any atom is 0.243 e. The number of halogens is 1. The maximum atomic E-state index is 12.8. The molecule has 0 radical (unpaired) electrons. The van der Waals surface area contributed by atoms with Crippen LogP contribution in [0.25, 0.3) is 0 Å². The average Bonchev–Trinajstić information content (AvgIpc) is 2.94. The van der Waals surface area contributed by atoms with Gasteiger partial charge in [-0.25, -0.2) is 8.42 Å². The minimum Gasteiger partial charge on any atom is -0.207 e. The van der Waals surface area contributed by atoms with Crippen molar-refractivity contribution in [3.63, 3.8) is 0 Å². The van der Waals surface area contributed by atoms with E-state index in [1.54, 1.807) is 27.8 Å². The third-order valence-electron chi connectivity index (χ3n) is 3.87. The van der Waals surface area contributed by atoms with Crippen molar-refractivity contribution in [2.45, 2.75) is 30.7 Å². The van der Waals surface area contributed by atoms with Crippen molar-refractivity contribution >= 4 is 33.0 Å². The van der Waals surface area contributed by atoms with Gasteiger partial charge in [0.05, 0.1) is 4.90 Å².